The highest BCUT2D eigenvalue weighted by Crippen LogP contribution is 2.21. The Kier molecular flexibility index (Phi) is 4.86. The van der Waals surface area contributed by atoms with Crippen molar-refractivity contribution in [1.82, 2.24) is 9.97 Å². The van der Waals surface area contributed by atoms with Crippen LogP contribution in [0.25, 0.3) is 0 Å². The van der Waals surface area contributed by atoms with E-state index in [4.69, 9.17) is 11.6 Å². The van der Waals surface area contributed by atoms with Crippen LogP contribution in [-0.4, -0.2) is 21.4 Å². The van der Waals surface area contributed by atoms with Crippen molar-refractivity contribution >= 4 is 39.0 Å². The number of rotatable bonds is 5. The molecule has 0 atom stereocenters. The Morgan fingerprint density at radius 1 is 1.35 bits per heavy atom. The lowest BCUT2D eigenvalue weighted by molar-refractivity contribution is -0.384. The van der Waals surface area contributed by atoms with Crippen molar-refractivity contribution in [3.05, 3.63) is 55.9 Å². The third-order valence-corrected chi connectivity index (χ3v) is 3.27. The summed E-state index contributed by atoms with van der Waals surface area (Å²) in [5, 5.41) is 13.7. The van der Waals surface area contributed by atoms with Gasteiger partial charge in [-0.05, 0) is 35.7 Å². The fraction of sp³-hybridized carbons (Fsp3) is 0.167. The van der Waals surface area contributed by atoms with Gasteiger partial charge in [0.25, 0.3) is 0 Å². The number of nitrogens with zero attached hydrogens (tertiary/aromatic N) is 3. The Morgan fingerprint density at radius 3 is 2.70 bits per heavy atom. The molecule has 0 saturated heterocycles. The number of hydrogen-bond donors (Lipinski definition) is 1. The van der Waals surface area contributed by atoms with E-state index in [-0.39, 0.29) is 16.8 Å². The second-order valence-electron chi connectivity index (χ2n) is 3.93. The van der Waals surface area contributed by atoms with Crippen molar-refractivity contribution in [2.24, 2.45) is 0 Å². The molecule has 6 nitrogen and oxygen atoms in total. The van der Waals surface area contributed by atoms with E-state index in [1.807, 2.05) is 24.3 Å². The Labute approximate surface area is 128 Å². The third-order valence-electron chi connectivity index (χ3n) is 2.56. The first-order chi connectivity index (χ1) is 9.56. The highest BCUT2D eigenvalue weighted by Gasteiger charge is 2.16. The van der Waals surface area contributed by atoms with Crippen LogP contribution in [0.5, 0.6) is 0 Å². The summed E-state index contributed by atoms with van der Waals surface area (Å²) in [6.07, 6.45) is 1.81. The van der Waals surface area contributed by atoms with Crippen molar-refractivity contribution in [3.63, 3.8) is 0 Å². The summed E-state index contributed by atoms with van der Waals surface area (Å²) in [7, 11) is 0. The highest BCUT2D eigenvalue weighted by molar-refractivity contribution is 9.10. The minimum absolute atomic E-state index is 0.0262. The minimum atomic E-state index is -0.543. The van der Waals surface area contributed by atoms with Crippen molar-refractivity contribution in [2.45, 2.75) is 6.42 Å². The third kappa shape index (κ3) is 3.88. The van der Waals surface area contributed by atoms with Crippen LogP contribution in [0.15, 0.2) is 34.9 Å². The molecule has 0 fully saturated rings. The summed E-state index contributed by atoms with van der Waals surface area (Å²) in [5.41, 5.74) is 0.925. The van der Waals surface area contributed by atoms with Gasteiger partial charge in [-0.2, -0.15) is 4.98 Å². The first kappa shape index (κ1) is 14.7. The van der Waals surface area contributed by atoms with Crippen molar-refractivity contribution in [2.75, 3.05) is 11.9 Å². The topological polar surface area (TPSA) is 81.0 Å². The van der Waals surface area contributed by atoms with Crippen LogP contribution < -0.4 is 5.32 Å². The number of anilines is 1. The van der Waals surface area contributed by atoms with Crippen molar-refractivity contribution in [3.8, 4) is 0 Å². The van der Waals surface area contributed by atoms with Crippen LogP contribution in [0.3, 0.4) is 0 Å². The Hall–Kier alpha value is -1.73. The lowest BCUT2D eigenvalue weighted by Crippen LogP contribution is -2.09. The van der Waals surface area contributed by atoms with Crippen molar-refractivity contribution < 1.29 is 4.92 Å². The van der Waals surface area contributed by atoms with Gasteiger partial charge in [0.2, 0.25) is 11.1 Å². The fourth-order valence-electron chi connectivity index (χ4n) is 1.59. The van der Waals surface area contributed by atoms with E-state index in [9.17, 15) is 10.1 Å². The summed E-state index contributed by atoms with van der Waals surface area (Å²) in [6, 6.07) is 7.85. The second kappa shape index (κ2) is 6.62. The van der Waals surface area contributed by atoms with Gasteiger partial charge in [-0.15, -0.1) is 0 Å². The molecule has 1 aromatic carbocycles. The maximum absolute atomic E-state index is 10.8. The zero-order valence-electron chi connectivity index (χ0n) is 10.2. The van der Waals surface area contributed by atoms with Gasteiger partial charge < -0.3 is 5.32 Å². The van der Waals surface area contributed by atoms with Gasteiger partial charge in [-0.25, -0.2) is 4.98 Å². The molecule has 0 aliphatic rings. The normalized spacial score (nSPS) is 10.3. The fourth-order valence-corrected chi connectivity index (χ4v) is 1.99. The number of benzene rings is 1. The summed E-state index contributed by atoms with van der Waals surface area (Å²) >= 11 is 9.01. The predicted octanol–water partition coefficient (Wildman–Crippen LogP) is 3.46. The minimum Gasteiger partial charge on any atom is -0.364 e. The lowest BCUT2D eigenvalue weighted by Gasteiger charge is -2.06. The molecular weight excluding hydrogens is 348 g/mol. The first-order valence-corrected chi connectivity index (χ1v) is 6.88. The van der Waals surface area contributed by atoms with Gasteiger partial charge in [0.05, 0.1) is 4.92 Å². The summed E-state index contributed by atoms with van der Waals surface area (Å²) < 4.78 is 1.01. The molecule has 0 radical (unpaired) electrons. The van der Waals surface area contributed by atoms with E-state index < -0.39 is 4.92 Å². The zero-order chi connectivity index (χ0) is 14.5. The molecule has 8 heteroatoms. The van der Waals surface area contributed by atoms with Gasteiger partial charge in [0.1, 0.15) is 6.20 Å². The monoisotopic (exact) mass is 356 g/mol. The first-order valence-electron chi connectivity index (χ1n) is 5.71. The number of aromatic nitrogens is 2. The van der Waals surface area contributed by atoms with Gasteiger partial charge >= 0.3 is 5.69 Å². The van der Waals surface area contributed by atoms with Gasteiger partial charge in [0.15, 0.2) is 0 Å². The molecule has 0 bridgehead atoms. The number of nitrogens with one attached hydrogen (secondary N) is 1. The van der Waals surface area contributed by atoms with Gasteiger partial charge in [-0.3, -0.25) is 10.1 Å². The van der Waals surface area contributed by atoms with Gasteiger partial charge in [-0.1, -0.05) is 28.1 Å². The molecule has 0 unspecified atom stereocenters. The second-order valence-corrected chi connectivity index (χ2v) is 5.19. The van der Waals surface area contributed by atoms with E-state index in [1.54, 1.807) is 0 Å². The molecule has 0 spiro atoms. The Morgan fingerprint density at radius 2 is 2.05 bits per heavy atom. The molecule has 1 heterocycles. The molecular formula is C12H10BrClN4O2. The van der Waals surface area contributed by atoms with E-state index in [1.165, 1.54) is 0 Å². The average Bonchev–Trinajstić information content (AvgIpc) is 2.41. The van der Waals surface area contributed by atoms with E-state index in [2.05, 4.69) is 31.2 Å². The van der Waals surface area contributed by atoms with Crippen LogP contribution in [0, 0.1) is 10.1 Å². The molecule has 0 aliphatic carbocycles. The lowest BCUT2D eigenvalue weighted by atomic mass is 10.1. The molecule has 2 rings (SSSR count). The Bertz CT molecular complexity index is 621. The maximum Gasteiger partial charge on any atom is 0.329 e. The summed E-state index contributed by atoms with van der Waals surface area (Å²) in [6.45, 7) is 0.510. The standard InChI is InChI=1S/C12H10BrClN4O2/c13-9-3-1-8(2-4-9)5-6-15-11-10(18(19)20)7-16-12(14)17-11/h1-4,7H,5-6H2,(H,15,16,17). The zero-order valence-corrected chi connectivity index (χ0v) is 12.6. The van der Waals surface area contributed by atoms with Crippen LogP contribution in [-0.2, 0) is 6.42 Å². The molecule has 0 saturated carbocycles. The van der Waals surface area contributed by atoms with E-state index in [0.717, 1.165) is 16.2 Å². The smallest absolute Gasteiger partial charge is 0.329 e. The molecule has 20 heavy (non-hydrogen) atoms. The molecule has 0 aliphatic heterocycles. The maximum atomic E-state index is 10.8. The molecule has 104 valence electrons. The molecule has 0 amide bonds. The quantitative estimate of drug-likeness (QED) is 0.503. The van der Waals surface area contributed by atoms with Crippen LogP contribution in [0.1, 0.15) is 5.56 Å². The number of halogens is 2. The summed E-state index contributed by atoms with van der Waals surface area (Å²) in [5.74, 6) is 0.132. The average molecular weight is 358 g/mol. The highest BCUT2D eigenvalue weighted by atomic mass is 79.9. The molecule has 1 N–H and O–H groups in total. The molecule has 2 aromatic rings. The van der Waals surface area contributed by atoms with Crippen LogP contribution in [0.4, 0.5) is 11.5 Å². The number of nitro groups is 1. The van der Waals surface area contributed by atoms with Crippen LogP contribution >= 0.6 is 27.5 Å². The van der Waals surface area contributed by atoms with E-state index >= 15 is 0 Å². The largest absolute Gasteiger partial charge is 0.364 e. The van der Waals surface area contributed by atoms with E-state index in [0.29, 0.717) is 13.0 Å². The Balaban J connectivity index is 2.02. The SMILES string of the molecule is O=[N+]([O-])c1cnc(Cl)nc1NCCc1ccc(Br)cc1. The predicted molar refractivity (Wildman–Crippen MR) is 80.0 cm³/mol. The van der Waals surface area contributed by atoms with Crippen LogP contribution in [0.2, 0.25) is 5.28 Å². The van der Waals surface area contributed by atoms with Crippen molar-refractivity contribution in [1.29, 1.82) is 0 Å². The number of hydrogen-bond acceptors (Lipinski definition) is 5. The summed E-state index contributed by atoms with van der Waals surface area (Å²) in [4.78, 5) is 17.7. The molecule has 1 aromatic heterocycles. The van der Waals surface area contributed by atoms with Gasteiger partial charge in [0, 0.05) is 11.0 Å².